The first kappa shape index (κ1) is 22.9. The van der Waals surface area contributed by atoms with Crippen molar-refractivity contribution in [3.8, 4) is 0 Å². The van der Waals surface area contributed by atoms with Crippen molar-refractivity contribution in [1.29, 1.82) is 0 Å². The molecule has 154 valence electrons. The second-order valence-corrected chi connectivity index (χ2v) is 6.28. The molecule has 0 amide bonds. The molecular weight excluding hydrogens is 492 g/mol. The molecule has 0 aliphatic carbocycles. The quantitative estimate of drug-likeness (QED) is 0.293. The van der Waals surface area contributed by atoms with Crippen LogP contribution in [0.2, 0.25) is 0 Å². The highest BCUT2D eigenvalue weighted by Crippen LogP contribution is 2.29. The summed E-state index contributed by atoms with van der Waals surface area (Å²) >= 11 is 0. The number of pyridine rings is 1. The summed E-state index contributed by atoms with van der Waals surface area (Å²) in [6.45, 7) is 1.06. The van der Waals surface area contributed by atoms with Gasteiger partial charge in [-0.05, 0) is 35.6 Å². The predicted molar refractivity (Wildman–Crippen MR) is 121 cm³/mol. The van der Waals surface area contributed by atoms with Crippen molar-refractivity contribution in [2.75, 3.05) is 13.6 Å². The first-order valence-electron chi connectivity index (χ1n) is 8.90. The van der Waals surface area contributed by atoms with Gasteiger partial charge in [-0.1, -0.05) is 36.4 Å². The zero-order valence-electron chi connectivity index (χ0n) is 15.8. The van der Waals surface area contributed by atoms with Gasteiger partial charge >= 0.3 is 6.18 Å². The van der Waals surface area contributed by atoms with Gasteiger partial charge in [0.1, 0.15) is 0 Å². The minimum absolute atomic E-state index is 0. The third-order valence-corrected chi connectivity index (χ3v) is 4.39. The predicted octanol–water partition coefficient (Wildman–Crippen LogP) is 4.78. The van der Waals surface area contributed by atoms with Crippen LogP contribution in [-0.4, -0.2) is 24.5 Å². The molecular formula is C21H22F3IN4. The van der Waals surface area contributed by atoms with E-state index in [2.05, 4.69) is 20.6 Å². The molecule has 1 aromatic heterocycles. The highest BCUT2D eigenvalue weighted by atomic mass is 127. The van der Waals surface area contributed by atoms with Crippen LogP contribution in [0.15, 0.2) is 65.8 Å². The van der Waals surface area contributed by atoms with E-state index in [0.717, 1.165) is 34.2 Å². The molecule has 2 N–H and O–H groups in total. The smallest absolute Gasteiger partial charge is 0.356 e. The molecule has 0 saturated carbocycles. The third kappa shape index (κ3) is 6.31. The molecule has 0 aliphatic heterocycles. The molecule has 29 heavy (non-hydrogen) atoms. The summed E-state index contributed by atoms with van der Waals surface area (Å²) in [6.07, 6.45) is -1.94. The molecule has 0 radical (unpaired) electrons. The molecule has 3 rings (SSSR count). The Bertz CT molecular complexity index is 951. The molecule has 3 aromatic rings. The van der Waals surface area contributed by atoms with Crippen LogP contribution in [0.5, 0.6) is 0 Å². The fourth-order valence-electron chi connectivity index (χ4n) is 2.90. The van der Waals surface area contributed by atoms with Crippen LogP contribution in [0.1, 0.15) is 16.8 Å². The number of aliphatic imine (C=N–C) groups is 1. The molecule has 1 heterocycles. The van der Waals surface area contributed by atoms with E-state index < -0.39 is 11.7 Å². The molecule has 0 unspecified atom stereocenters. The Balaban J connectivity index is 0.00000300. The van der Waals surface area contributed by atoms with Crippen molar-refractivity contribution in [3.05, 3.63) is 77.6 Å². The van der Waals surface area contributed by atoms with E-state index in [0.29, 0.717) is 25.5 Å². The van der Waals surface area contributed by atoms with Crippen LogP contribution in [0.3, 0.4) is 0 Å². The van der Waals surface area contributed by atoms with Crippen molar-refractivity contribution in [3.63, 3.8) is 0 Å². The zero-order valence-corrected chi connectivity index (χ0v) is 18.2. The summed E-state index contributed by atoms with van der Waals surface area (Å²) in [5.74, 6) is 0.613. The van der Waals surface area contributed by atoms with Gasteiger partial charge in [0.25, 0.3) is 0 Å². The Morgan fingerprint density at radius 3 is 2.41 bits per heavy atom. The van der Waals surface area contributed by atoms with Gasteiger partial charge in [0.2, 0.25) is 0 Å². The molecule has 0 saturated heterocycles. The number of aromatic nitrogens is 1. The molecule has 0 fully saturated rings. The number of fused-ring (bicyclic) bond motifs is 1. The van der Waals surface area contributed by atoms with E-state index >= 15 is 0 Å². The number of nitrogens with zero attached hydrogens (tertiary/aromatic N) is 2. The SMILES string of the molecule is CN=C(NCCc1ccc(C(F)(F)F)cc1)NCc1nccc2ccccc12.I. The molecule has 0 atom stereocenters. The van der Waals surface area contributed by atoms with Gasteiger partial charge in [-0.3, -0.25) is 9.98 Å². The standard InChI is InChI=1S/C21H21F3N4.HI/c1-25-20(27-12-10-15-6-8-17(9-7-15)21(22,23)24)28-14-19-18-5-3-2-4-16(18)11-13-26-19;/h2-9,11,13H,10,12,14H2,1H3,(H2,25,27,28);1H. The fraction of sp³-hybridized carbons (Fsp3) is 0.238. The monoisotopic (exact) mass is 514 g/mol. The number of hydrogen-bond donors (Lipinski definition) is 2. The van der Waals surface area contributed by atoms with Crippen molar-refractivity contribution in [2.24, 2.45) is 4.99 Å². The van der Waals surface area contributed by atoms with E-state index in [4.69, 9.17) is 0 Å². The van der Waals surface area contributed by atoms with E-state index in [-0.39, 0.29) is 24.0 Å². The third-order valence-electron chi connectivity index (χ3n) is 4.39. The van der Waals surface area contributed by atoms with Crippen molar-refractivity contribution in [2.45, 2.75) is 19.1 Å². The molecule has 0 spiro atoms. The molecule has 0 aliphatic rings. The lowest BCUT2D eigenvalue weighted by Gasteiger charge is -2.13. The van der Waals surface area contributed by atoms with E-state index in [9.17, 15) is 13.2 Å². The second kappa shape index (κ2) is 10.4. The Hall–Kier alpha value is -2.36. The zero-order chi connectivity index (χ0) is 20.0. The number of nitrogens with one attached hydrogen (secondary N) is 2. The summed E-state index contributed by atoms with van der Waals surface area (Å²) in [5, 5.41) is 8.60. The normalized spacial score (nSPS) is 11.8. The largest absolute Gasteiger partial charge is 0.416 e. The van der Waals surface area contributed by atoms with E-state index in [1.54, 1.807) is 13.2 Å². The number of alkyl halides is 3. The molecule has 2 aromatic carbocycles. The Labute approximate surface area is 184 Å². The Morgan fingerprint density at radius 2 is 1.72 bits per heavy atom. The highest BCUT2D eigenvalue weighted by molar-refractivity contribution is 14.0. The van der Waals surface area contributed by atoms with Gasteiger partial charge in [-0.2, -0.15) is 13.2 Å². The van der Waals surface area contributed by atoms with Gasteiger partial charge < -0.3 is 10.6 Å². The lowest BCUT2D eigenvalue weighted by Crippen LogP contribution is -2.38. The van der Waals surface area contributed by atoms with Crippen LogP contribution >= 0.6 is 24.0 Å². The van der Waals surface area contributed by atoms with Crippen LogP contribution < -0.4 is 10.6 Å². The Kier molecular flexibility index (Phi) is 8.24. The van der Waals surface area contributed by atoms with E-state index in [1.165, 1.54) is 12.1 Å². The molecule has 4 nitrogen and oxygen atoms in total. The summed E-state index contributed by atoms with van der Waals surface area (Å²) in [5.41, 5.74) is 1.11. The molecule has 0 bridgehead atoms. The van der Waals surface area contributed by atoms with Crippen LogP contribution in [0, 0.1) is 0 Å². The van der Waals surface area contributed by atoms with E-state index in [1.807, 2.05) is 30.3 Å². The number of halogens is 4. The number of rotatable bonds is 5. The second-order valence-electron chi connectivity index (χ2n) is 6.28. The summed E-state index contributed by atoms with van der Waals surface area (Å²) in [7, 11) is 1.67. The summed E-state index contributed by atoms with van der Waals surface area (Å²) in [4.78, 5) is 8.61. The first-order valence-corrected chi connectivity index (χ1v) is 8.90. The number of benzene rings is 2. The van der Waals surface area contributed by atoms with Crippen LogP contribution in [0.25, 0.3) is 10.8 Å². The minimum Gasteiger partial charge on any atom is -0.356 e. The lowest BCUT2D eigenvalue weighted by atomic mass is 10.1. The van der Waals surface area contributed by atoms with Crippen LogP contribution in [0.4, 0.5) is 13.2 Å². The van der Waals surface area contributed by atoms with Gasteiger partial charge in [0.05, 0.1) is 17.8 Å². The highest BCUT2D eigenvalue weighted by Gasteiger charge is 2.29. The number of hydrogen-bond acceptors (Lipinski definition) is 2. The Morgan fingerprint density at radius 1 is 1.00 bits per heavy atom. The van der Waals surface area contributed by atoms with Crippen molar-refractivity contribution < 1.29 is 13.2 Å². The minimum atomic E-state index is -4.31. The molecule has 8 heteroatoms. The average molecular weight is 514 g/mol. The van der Waals surface area contributed by atoms with Crippen molar-refractivity contribution >= 4 is 40.7 Å². The average Bonchev–Trinajstić information content (AvgIpc) is 2.70. The van der Waals surface area contributed by atoms with Gasteiger partial charge in [-0.25, -0.2) is 0 Å². The lowest BCUT2D eigenvalue weighted by molar-refractivity contribution is -0.137. The maximum atomic E-state index is 12.6. The first-order chi connectivity index (χ1) is 13.5. The fourth-order valence-corrected chi connectivity index (χ4v) is 2.90. The van der Waals surface area contributed by atoms with Crippen LogP contribution in [-0.2, 0) is 19.1 Å². The van der Waals surface area contributed by atoms with Gasteiger partial charge in [-0.15, -0.1) is 24.0 Å². The van der Waals surface area contributed by atoms with Gasteiger partial charge in [0.15, 0.2) is 5.96 Å². The maximum Gasteiger partial charge on any atom is 0.416 e. The summed E-state index contributed by atoms with van der Waals surface area (Å²) in [6, 6.07) is 15.2. The maximum absolute atomic E-state index is 12.6. The van der Waals surface area contributed by atoms with Crippen molar-refractivity contribution in [1.82, 2.24) is 15.6 Å². The van der Waals surface area contributed by atoms with Gasteiger partial charge in [0, 0.05) is 25.2 Å². The number of guanidine groups is 1. The topological polar surface area (TPSA) is 49.3 Å². The summed E-state index contributed by atoms with van der Waals surface area (Å²) < 4.78 is 37.8.